The van der Waals surface area contributed by atoms with E-state index < -0.39 is 63.4 Å². The summed E-state index contributed by atoms with van der Waals surface area (Å²) in [7, 11) is -9.95. The minimum Gasteiger partial charge on any atom is -0.469 e. The molecule has 0 radical (unpaired) electrons. The Bertz CT molecular complexity index is 2240. The first kappa shape index (κ1) is 39.8. The van der Waals surface area contributed by atoms with Crippen molar-refractivity contribution in [1.82, 2.24) is 9.29 Å². The highest BCUT2D eigenvalue weighted by molar-refractivity contribution is 7.89. The second-order valence-corrected chi connectivity index (χ2v) is 22.2. The summed E-state index contributed by atoms with van der Waals surface area (Å²) in [5.41, 5.74) is 0.853. The Balaban J connectivity index is 1.69. The van der Waals surface area contributed by atoms with Gasteiger partial charge in [-0.3, -0.25) is 19.1 Å². The van der Waals surface area contributed by atoms with E-state index >= 15 is 0 Å². The van der Waals surface area contributed by atoms with E-state index in [1.807, 2.05) is 50.8 Å². The van der Waals surface area contributed by atoms with Crippen LogP contribution in [0, 0.1) is 35.3 Å². The molecule has 0 saturated carbocycles. The number of benzene rings is 3. The zero-order valence-electron chi connectivity index (χ0n) is 30.2. The molecule has 1 unspecified atom stereocenters. The number of carbonyl (C=O) groups excluding carboxylic acids is 1. The van der Waals surface area contributed by atoms with Crippen LogP contribution in [0.1, 0.15) is 35.6 Å². The quantitative estimate of drug-likeness (QED) is 0.0508. The Morgan fingerprint density at radius 1 is 1.04 bits per heavy atom. The number of hydrogen-bond donors (Lipinski definition) is 1. The lowest BCUT2D eigenvalue weighted by molar-refractivity contribution is -0.384. The molecule has 2 heterocycles. The number of esters is 1. The maximum Gasteiger partial charge on any atom is 0.314 e. The molecule has 3 atom stereocenters. The number of terminal acetylenes is 1. The van der Waals surface area contributed by atoms with Crippen LogP contribution in [-0.2, 0) is 44.7 Å². The summed E-state index contributed by atoms with van der Waals surface area (Å²) in [6.45, 7) is 6.66. The summed E-state index contributed by atoms with van der Waals surface area (Å²) >= 11 is 0. The maximum atomic E-state index is 14.5. The predicted molar refractivity (Wildman–Crippen MR) is 202 cm³/mol. The van der Waals surface area contributed by atoms with Crippen molar-refractivity contribution in [3.63, 3.8) is 0 Å². The molecule has 1 aliphatic heterocycles. The Labute approximate surface area is 311 Å². The van der Waals surface area contributed by atoms with Crippen LogP contribution in [0.3, 0.4) is 0 Å². The highest BCUT2D eigenvalue weighted by atomic mass is 32.2. The van der Waals surface area contributed by atoms with E-state index in [1.165, 1.54) is 35.7 Å². The maximum absolute atomic E-state index is 14.5. The van der Waals surface area contributed by atoms with Crippen LogP contribution in [-0.4, -0.2) is 77.7 Å². The second kappa shape index (κ2) is 15.5. The molecule has 1 aliphatic rings. The van der Waals surface area contributed by atoms with Crippen molar-refractivity contribution in [3.8, 4) is 12.3 Å². The van der Waals surface area contributed by atoms with Gasteiger partial charge in [-0.25, -0.2) is 8.42 Å². The number of sulfonamides is 1. The number of nitrogens with one attached hydrogen (secondary N) is 1. The molecule has 282 valence electrons. The number of aromatic amines is 1. The van der Waals surface area contributed by atoms with Crippen LogP contribution in [0.2, 0.25) is 19.6 Å². The van der Waals surface area contributed by atoms with E-state index in [2.05, 4.69) is 10.9 Å². The zero-order chi connectivity index (χ0) is 38.8. The molecule has 1 aromatic heterocycles. The fourth-order valence-corrected chi connectivity index (χ4v) is 10.6. The van der Waals surface area contributed by atoms with E-state index in [0.717, 1.165) is 23.1 Å². The number of ether oxygens (including phenoxy) is 1. The van der Waals surface area contributed by atoms with Crippen LogP contribution in [0.15, 0.2) is 82.6 Å². The van der Waals surface area contributed by atoms with Gasteiger partial charge in [-0.1, -0.05) is 41.8 Å². The molecule has 1 N–H and O–H groups in total. The van der Waals surface area contributed by atoms with Crippen molar-refractivity contribution < 1.29 is 39.9 Å². The highest BCUT2D eigenvalue weighted by Crippen LogP contribution is 2.39. The minimum atomic E-state index is -4.37. The monoisotopic (exact) mass is 781 g/mol. The smallest absolute Gasteiger partial charge is 0.314 e. The standard InChI is InChI=1S/C37H43N3O10S2Si/c1-7-37(50-53(4,5)6)23-27(24-49-52(46,47)30-16-12-26(2)13-17-30)22-33(36(41)48-3)35-32(31-10-8-9-11-34(31)38-35)20-21-39(25-37)51(44,45)29-18-14-28(15-19-29)40(42)43/h1,8-19,27,33,38H,20-25H2,2-6H3/t27-,33?,37+/m1/s1. The molecular formula is C37H43N3O10S2Si. The zero-order valence-corrected chi connectivity index (χ0v) is 32.8. The number of para-hydroxylation sites is 1. The van der Waals surface area contributed by atoms with Gasteiger partial charge < -0.3 is 14.1 Å². The van der Waals surface area contributed by atoms with Gasteiger partial charge in [0.05, 0.1) is 40.9 Å². The molecule has 0 bridgehead atoms. The molecule has 4 aromatic rings. The molecular weight excluding hydrogens is 739 g/mol. The van der Waals surface area contributed by atoms with Crippen molar-refractivity contribution in [2.45, 2.75) is 67.1 Å². The van der Waals surface area contributed by atoms with Crippen molar-refractivity contribution in [2.24, 2.45) is 5.92 Å². The number of methoxy groups -OCH3 is 1. The molecule has 3 aromatic carbocycles. The first-order valence-corrected chi connectivity index (χ1v) is 23.2. The summed E-state index contributed by atoms with van der Waals surface area (Å²) in [5.74, 6) is 0.427. The number of fused-ring (bicyclic) bond motifs is 3. The van der Waals surface area contributed by atoms with E-state index in [4.69, 9.17) is 19.8 Å². The molecule has 0 aliphatic carbocycles. The van der Waals surface area contributed by atoms with Crippen LogP contribution in [0.4, 0.5) is 5.69 Å². The van der Waals surface area contributed by atoms with Gasteiger partial charge in [-0.15, -0.1) is 6.42 Å². The number of nitrogens with zero attached hydrogens (tertiary/aromatic N) is 2. The topological polar surface area (TPSA) is 175 Å². The molecule has 0 amide bonds. The van der Waals surface area contributed by atoms with Crippen LogP contribution in [0.25, 0.3) is 10.9 Å². The fourth-order valence-electron chi connectivity index (χ4n) is 6.78. The van der Waals surface area contributed by atoms with Crippen LogP contribution in [0.5, 0.6) is 0 Å². The third kappa shape index (κ3) is 9.06. The lowest BCUT2D eigenvalue weighted by Gasteiger charge is -2.40. The number of non-ortho nitro benzene ring substituents is 1. The van der Waals surface area contributed by atoms with Gasteiger partial charge in [-0.05, 0) is 87.6 Å². The van der Waals surface area contributed by atoms with Crippen LogP contribution < -0.4 is 0 Å². The third-order valence-corrected chi connectivity index (χ3v) is 13.3. The summed E-state index contributed by atoms with van der Waals surface area (Å²) in [6.07, 6.45) is 6.36. The van der Waals surface area contributed by atoms with Crippen LogP contribution >= 0.6 is 0 Å². The van der Waals surface area contributed by atoms with Crippen molar-refractivity contribution >= 4 is 51.0 Å². The SMILES string of the molecule is C#C[C@]1(O[Si](C)(C)C)C[C@H](COS(=O)(=O)c2ccc(C)cc2)CC(C(=O)OC)c2[nH]c3ccccc3c2CCN(S(=O)(=O)c2ccc([N+](=O)[O-])cc2)C1. The molecule has 0 saturated heterocycles. The number of H-pyrrole nitrogens is 1. The summed E-state index contributed by atoms with van der Waals surface area (Å²) in [5, 5.41) is 12.1. The summed E-state index contributed by atoms with van der Waals surface area (Å²) in [6, 6.07) is 18.1. The minimum absolute atomic E-state index is 0.0174. The third-order valence-electron chi connectivity index (χ3n) is 9.13. The Hall–Kier alpha value is -4.37. The average molecular weight is 782 g/mol. The molecule has 13 nitrogen and oxygen atoms in total. The summed E-state index contributed by atoms with van der Waals surface area (Å²) < 4.78 is 74.8. The Morgan fingerprint density at radius 3 is 2.28 bits per heavy atom. The fraction of sp³-hybridized carbons (Fsp3) is 0.378. The number of aromatic nitrogens is 1. The number of nitro benzene ring substituents is 1. The number of carbonyl (C=O) groups is 1. The van der Waals surface area contributed by atoms with Gasteiger partial charge in [0.1, 0.15) is 5.60 Å². The lowest BCUT2D eigenvalue weighted by Crippen LogP contribution is -2.52. The summed E-state index contributed by atoms with van der Waals surface area (Å²) in [4.78, 5) is 27.6. The van der Waals surface area contributed by atoms with Gasteiger partial charge in [0.15, 0.2) is 8.32 Å². The van der Waals surface area contributed by atoms with E-state index in [1.54, 1.807) is 12.1 Å². The molecule has 0 fully saturated rings. The predicted octanol–water partition coefficient (Wildman–Crippen LogP) is 5.91. The number of rotatable bonds is 10. The van der Waals surface area contributed by atoms with E-state index in [0.29, 0.717) is 16.8 Å². The highest BCUT2D eigenvalue weighted by Gasteiger charge is 2.44. The lowest BCUT2D eigenvalue weighted by atomic mass is 9.83. The van der Waals surface area contributed by atoms with Gasteiger partial charge in [0.2, 0.25) is 10.0 Å². The first-order valence-electron chi connectivity index (χ1n) is 16.9. The van der Waals surface area contributed by atoms with E-state index in [9.17, 15) is 31.7 Å². The van der Waals surface area contributed by atoms with E-state index in [-0.39, 0.29) is 47.8 Å². The largest absolute Gasteiger partial charge is 0.469 e. The average Bonchev–Trinajstić information content (AvgIpc) is 3.47. The van der Waals surface area contributed by atoms with Gasteiger partial charge in [0.25, 0.3) is 15.8 Å². The van der Waals surface area contributed by atoms with Crippen molar-refractivity contribution in [1.29, 1.82) is 0 Å². The van der Waals surface area contributed by atoms with Gasteiger partial charge >= 0.3 is 5.97 Å². The van der Waals surface area contributed by atoms with Crippen molar-refractivity contribution in [3.05, 3.63) is 99.7 Å². The molecule has 53 heavy (non-hydrogen) atoms. The Kier molecular flexibility index (Phi) is 11.7. The molecule has 16 heteroatoms. The van der Waals surface area contributed by atoms with Gasteiger partial charge in [0, 0.05) is 35.3 Å². The second-order valence-electron chi connectivity index (χ2n) is 14.2. The number of nitro groups is 1. The van der Waals surface area contributed by atoms with Gasteiger partial charge in [-0.2, -0.15) is 12.7 Å². The molecule has 5 rings (SSSR count). The first-order chi connectivity index (χ1) is 24.9. The number of hydrogen-bond acceptors (Lipinski definition) is 10. The van der Waals surface area contributed by atoms with Crippen molar-refractivity contribution in [2.75, 3.05) is 26.8 Å². The Morgan fingerprint density at radius 2 is 1.68 bits per heavy atom. The molecule has 0 spiro atoms. The normalized spacial score (nSPS) is 20.5. The number of aryl methyl sites for hydroxylation is 1.